The second kappa shape index (κ2) is 6.96. The number of hydrogen-bond donors (Lipinski definition) is 1. The van der Waals surface area contributed by atoms with Crippen LogP contribution < -0.4 is 5.32 Å². The van der Waals surface area contributed by atoms with Gasteiger partial charge in [0.15, 0.2) is 0 Å². The molecule has 110 valence electrons. The molecular formula is C16H15ClFNOS. The van der Waals surface area contributed by atoms with Crippen molar-refractivity contribution in [1.29, 1.82) is 0 Å². The van der Waals surface area contributed by atoms with E-state index in [1.807, 2.05) is 19.9 Å². The second-order valence-electron chi connectivity index (χ2n) is 4.66. The van der Waals surface area contributed by atoms with Crippen LogP contribution in [0.15, 0.2) is 47.4 Å². The molecule has 1 N–H and O–H groups in total. The van der Waals surface area contributed by atoms with Crippen molar-refractivity contribution in [3.8, 4) is 0 Å². The van der Waals surface area contributed by atoms with Crippen molar-refractivity contribution < 1.29 is 9.18 Å². The zero-order valence-electron chi connectivity index (χ0n) is 11.7. The first-order chi connectivity index (χ1) is 9.95. The Labute approximate surface area is 132 Å². The van der Waals surface area contributed by atoms with Crippen molar-refractivity contribution in [3.05, 3.63) is 58.9 Å². The molecule has 0 radical (unpaired) electrons. The minimum Gasteiger partial charge on any atom is -0.325 e. The maximum absolute atomic E-state index is 12.9. The van der Waals surface area contributed by atoms with Crippen LogP contribution in [-0.4, -0.2) is 11.2 Å². The van der Waals surface area contributed by atoms with Crippen LogP contribution in [0.25, 0.3) is 0 Å². The summed E-state index contributed by atoms with van der Waals surface area (Å²) < 4.78 is 12.9. The molecule has 21 heavy (non-hydrogen) atoms. The van der Waals surface area contributed by atoms with Crippen LogP contribution in [0.4, 0.5) is 10.1 Å². The molecule has 0 aliphatic rings. The Morgan fingerprint density at radius 1 is 1.24 bits per heavy atom. The highest BCUT2D eigenvalue weighted by Crippen LogP contribution is 2.26. The van der Waals surface area contributed by atoms with E-state index < -0.39 is 0 Å². The van der Waals surface area contributed by atoms with E-state index in [-0.39, 0.29) is 17.0 Å². The van der Waals surface area contributed by atoms with Gasteiger partial charge in [0.05, 0.1) is 5.25 Å². The van der Waals surface area contributed by atoms with E-state index in [2.05, 4.69) is 5.32 Å². The van der Waals surface area contributed by atoms with Crippen LogP contribution in [0.2, 0.25) is 5.02 Å². The monoisotopic (exact) mass is 323 g/mol. The van der Waals surface area contributed by atoms with E-state index in [4.69, 9.17) is 11.6 Å². The normalized spacial score (nSPS) is 12.0. The van der Waals surface area contributed by atoms with E-state index >= 15 is 0 Å². The third-order valence-electron chi connectivity index (χ3n) is 2.95. The van der Waals surface area contributed by atoms with Gasteiger partial charge in [-0.05, 0) is 55.8 Å². The predicted octanol–water partition coefficient (Wildman–Crippen LogP) is 4.91. The Hall–Kier alpha value is -1.52. The van der Waals surface area contributed by atoms with Gasteiger partial charge in [0, 0.05) is 15.6 Å². The van der Waals surface area contributed by atoms with Gasteiger partial charge in [0.2, 0.25) is 5.91 Å². The van der Waals surface area contributed by atoms with Gasteiger partial charge < -0.3 is 5.32 Å². The molecule has 0 aliphatic carbocycles. The Kier molecular flexibility index (Phi) is 5.26. The fourth-order valence-electron chi connectivity index (χ4n) is 1.73. The van der Waals surface area contributed by atoms with Gasteiger partial charge in [-0.25, -0.2) is 4.39 Å². The summed E-state index contributed by atoms with van der Waals surface area (Å²) >= 11 is 7.31. The molecule has 2 aromatic rings. The topological polar surface area (TPSA) is 29.1 Å². The molecule has 0 saturated heterocycles. The van der Waals surface area contributed by atoms with Crippen molar-refractivity contribution in [1.82, 2.24) is 0 Å². The quantitative estimate of drug-likeness (QED) is 0.810. The lowest BCUT2D eigenvalue weighted by Gasteiger charge is -2.13. The number of anilines is 1. The number of benzene rings is 2. The summed E-state index contributed by atoms with van der Waals surface area (Å²) in [7, 11) is 0. The van der Waals surface area contributed by atoms with Gasteiger partial charge in [-0.15, -0.1) is 11.8 Å². The first-order valence-electron chi connectivity index (χ1n) is 6.45. The number of amides is 1. The molecule has 0 saturated carbocycles. The molecule has 0 aromatic heterocycles. The molecule has 1 atom stereocenters. The number of rotatable bonds is 4. The van der Waals surface area contributed by atoms with Crippen LogP contribution in [0, 0.1) is 12.7 Å². The maximum Gasteiger partial charge on any atom is 0.237 e. The minimum absolute atomic E-state index is 0.116. The first-order valence-corrected chi connectivity index (χ1v) is 7.70. The Morgan fingerprint density at radius 3 is 2.57 bits per heavy atom. The van der Waals surface area contributed by atoms with Crippen LogP contribution in [0.5, 0.6) is 0 Å². The number of carbonyl (C=O) groups is 1. The molecule has 5 heteroatoms. The van der Waals surface area contributed by atoms with Crippen molar-refractivity contribution in [2.45, 2.75) is 24.0 Å². The number of carbonyl (C=O) groups excluding carboxylic acids is 1. The van der Waals surface area contributed by atoms with Gasteiger partial charge in [-0.1, -0.05) is 17.7 Å². The molecule has 2 aromatic carbocycles. The molecule has 0 unspecified atom stereocenters. The van der Waals surface area contributed by atoms with E-state index in [0.717, 1.165) is 10.5 Å². The lowest BCUT2D eigenvalue weighted by molar-refractivity contribution is -0.115. The molecule has 0 fully saturated rings. The molecule has 2 nitrogen and oxygen atoms in total. The first kappa shape index (κ1) is 15.9. The van der Waals surface area contributed by atoms with Gasteiger partial charge >= 0.3 is 0 Å². The average Bonchev–Trinajstić information content (AvgIpc) is 2.45. The molecule has 0 spiro atoms. The Morgan fingerprint density at radius 2 is 1.90 bits per heavy atom. The van der Waals surface area contributed by atoms with E-state index in [1.165, 1.54) is 23.9 Å². The number of hydrogen-bond acceptors (Lipinski definition) is 2. The van der Waals surface area contributed by atoms with Crippen LogP contribution in [0.1, 0.15) is 12.5 Å². The lowest BCUT2D eigenvalue weighted by Crippen LogP contribution is -2.22. The van der Waals surface area contributed by atoms with Gasteiger partial charge in [-0.2, -0.15) is 0 Å². The van der Waals surface area contributed by atoms with Gasteiger partial charge in [0.1, 0.15) is 5.82 Å². The van der Waals surface area contributed by atoms with Crippen LogP contribution in [-0.2, 0) is 4.79 Å². The molecule has 1 amide bonds. The lowest BCUT2D eigenvalue weighted by atomic mass is 10.2. The summed E-state index contributed by atoms with van der Waals surface area (Å²) in [6.07, 6.45) is 0. The summed E-state index contributed by atoms with van der Waals surface area (Å²) in [6.45, 7) is 3.72. The number of aryl methyl sites for hydroxylation is 1. The van der Waals surface area contributed by atoms with E-state index in [0.29, 0.717) is 10.7 Å². The zero-order valence-corrected chi connectivity index (χ0v) is 13.3. The van der Waals surface area contributed by atoms with Crippen molar-refractivity contribution in [2.24, 2.45) is 0 Å². The summed E-state index contributed by atoms with van der Waals surface area (Å²) in [4.78, 5) is 13.0. The Bertz CT molecular complexity index is 645. The second-order valence-corrected chi connectivity index (χ2v) is 6.51. The molecule has 0 heterocycles. The Balaban J connectivity index is 2.02. The average molecular weight is 324 g/mol. The molecule has 2 rings (SSSR count). The van der Waals surface area contributed by atoms with Crippen molar-refractivity contribution in [3.63, 3.8) is 0 Å². The fourth-order valence-corrected chi connectivity index (χ4v) is 2.77. The highest BCUT2D eigenvalue weighted by Gasteiger charge is 2.15. The third-order valence-corrected chi connectivity index (χ3v) is 4.30. The van der Waals surface area contributed by atoms with Gasteiger partial charge in [0.25, 0.3) is 0 Å². The van der Waals surface area contributed by atoms with Crippen molar-refractivity contribution in [2.75, 3.05) is 5.32 Å². The summed E-state index contributed by atoms with van der Waals surface area (Å²) in [5.74, 6) is -0.402. The third kappa shape index (κ3) is 4.48. The number of halogens is 2. The summed E-state index contributed by atoms with van der Waals surface area (Å²) in [5.41, 5.74) is 1.66. The van der Waals surface area contributed by atoms with E-state index in [9.17, 15) is 9.18 Å². The van der Waals surface area contributed by atoms with Crippen LogP contribution >= 0.6 is 23.4 Å². The maximum atomic E-state index is 12.9. The fraction of sp³-hybridized carbons (Fsp3) is 0.188. The summed E-state index contributed by atoms with van der Waals surface area (Å²) in [6, 6.07) is 11.5. The molecule has 0 aliphatic heterocycles. The molecular weight excluding hydrogens is 309 g/mol. The highest BCUT2D eigenvalue weighted by molar-refractivity contribution is 8.00. The standard InChI is InChI=1S/C16H15ClFNOS/c1-10-3-4-12(17)9-15(10)19-16(20)11(2)21-14-7-5-13(18)6-8-14/h3-9,11H,1-2H3,(H,19,20)/t11-/m1/s1. The van der Waals surface area contributed by atoms with Crippen molar-refractivity contribution >= 4 is 35.0 Å². The SMILES string of the molecule is Cc1ccc(Cl)cc1NC(=O)[C@@H](C)Sc1ccc(F)cc1. The van der Waals surface area contributed by atoms with E-state index in [1.54, 1.807) is 24.3 Å². The zero-order chi connectivity index (χ0) is 15.4. The number of thioether (sulfide) groups is 1. The summed E-state index contributed by atoms with van der Waals surface area (Å²) in [5, 5.41) is 3.15. The van der Waals surface area contributed by atoms with Gasteiger partial charge in [-0.3, -0.25) is 4.79 Å². The molecule has 0 bridgehead atoms. The smallest absolute Gasteiger partial charge is 0.237 e. The number of nitrogens with one attached hydrogen (secondary N) is 1. The highest BCUT2D eigenvalue weighted by atomic mass is 35.5. The minimum atomic E-state index is -0.297. The predicted molar refractivity (Wildman–Crippen MR) is 86.5 cm³/mol. The largest absolute Gasteiger partial charge is 0.325 e. The van der Waals surface area contributed by atoms with Crippen LogP contribution in [0.3, 0.4) is 0 Å².